The minimum Gasteiger partial charge on any atom is -0.309 e. The average molecular weight is 1250 g/mol. The molecule has 8 heteroatoms. The van der Waals surface area contributed by atoms with E-state index in [4.69, 9.17) is 15.0 Å². The Morgan fingerprint density at radius 2 is 0.510 bits per heavy atom. The van der Waals surface area contributed by atoms with Gasteiger partial charge in [-0.25, -0.2) is 15.0 Å². The predicted octanol–water partition coefficient (Wildman–Crippen LogP) is 22.4. The van der Waals surface area contributed by atoms with Gasteiger partial charge in [-0.05, 0) is 188 Å². The summed E-state index contributed by atoms with van der Waals surface area (Å²) in [6, 6.07) is 120. The van der Waals surface area contributed by atoms with Crippen molar-refractivity contribution in [3.63, 3.8) is 0 Å². The van der Waals surface area contributed by atoms with E-state index in [1.807, 2.05) is 121 Å². The summed E-state index contributed by atoms with van der Waals surface area (Å²) in [4.78, 5) is 16.8. The monoisotopic (exact) mass is 1250 g/mol. The number of hydrogen-bond donors (Lipinski definition) is 0. The lowest BCUT2D eigenvalue weighted by atomic mass is 9.95. The van der Waals surface area contributed by atoms with Gasteiger partial charge in [0.15, 0.2) is 17.5 Å². The van der Waals surface area contributed by atoms with Gasteiger partial charge in [-0.15, -0.1) is 0 Å². The molecule has 0 saturated heterocycles. The Morgan fingerprint density at radius 3 is 0.867 bits per heavy atom. The summed E-state index contributed by atoms with van der Waals surface area (Å²) >= 11 is 0. The van der Waals surface area contributed by atoms with Gasteiger partial charge in [0.2, 0.25) is 0 Å². The normalized spacial score (nSPS) is 11.2. The Balaban J connectivity index is 0.937. The Morgan fingerprint density at radius 1 is 0.214 bits per heavy atom. The number of rotatable bonds is 12. The van der Waals surface area contributed by atoms with Crippen LogP contribution in [0.3, 0.4) is 0 Å². The molecule has 0 N–H and O–H groups in total. The zero-order chi connectivity index (χ0) is 65.6. The molecule has 0 fully saturated rings. The van der Waals surface area contributed by atoms with E-state index in [2.05, 4.69) is 234 Å². The number of hydrogen-bond acceptors (Lipinski definition) is 6. The van der Waals surface area contributed by atoms with Gasteiger partial charge >= 0.3 is 0 Å². The number of nitriles is 3. The maximum Gasteiger partial charge on any atom is 0.164 e. The largest absolute Gasteiger partial charge is 0.309 e. The lowest BCUT2D eigenvalue weighted by molar-refractivity contribution is 1.07. The van der Waals surface area contributed by atoms with Crippen LogP contribution < -0.4 is 0 Å². The third kappa shape index (κ3) is 10.6. The van der Waals surface area contributed by atoms with Crippen molar-refractivity contribution in [1.29, 1.82) is 15.8 Å². The lowest BCUT2D eigenvalue weighted by Crippen LogP contribution is -2.03. The molecule has 3 aromatic heterocycles. The van der Waals surface area contributed by atoms with Crippen LogP contribution in [0.4, 0.5) is 0 Å². The first-order valence-corrected chi connectivity index (χ1v) is 32.5. The van der Waals surface area contributed by atoms with Crippen molar-refractivity contribution in [3.8, 4) is 142 Å². The highest BCUT2D eigenvalue weighted by molar-refractivity contribution is 6.13. The lowest BCUT2D eigenvalue weighted by Gasteiger charge is -2.17. The van der Waals surface area contributed by atoms with Crippen molar-refractivity contribution in [2.75, 3.05) is 0 Å². The van der Waals surface area contributed by atoms with Crippen LogP contribution in [0.25, 0.3) is 167 Å². The molecule has 0 aliphatic rings. The first-order valence-electron chi connectivity index (χ1n) is 32.5. The van der Waals surface area contributed by atoms with Crippen molar-refractivity contribution < 1.29 is 0 Å². The van der Waals surface area contributed by atoms with Crippen LogP contribution in [0, 0.1) is 34.0 Å². The molecule has 0 aliphatic carbocycles. The highest BCUT2D eigenvalue weighted by Gasteiger charge is 2.24. The highest BCUT2D eigenvalue weighted by Crippen LogP contribution is 2.44. The molecule has 14 aromatic carbocycles. The summed E-state index contributed by atoms with van der Waals surface area (Å²) in [5.74, 6) is 1.22. The smallest absolute Gasteiger partial charge is 0.164 e. The van der Waals surface area contributed by atoms with Crippen LogP contribution in [0.5, 0.6) is 0 Å². The maximum absolute atomic E-state index is 10.6. The van der Waals surface area contributed by atoms with Gasteiger partial charge < -0.3 is 9.13 Å². The van der Waals surface area contributed by atoms with E-state index in [-0.39, 0.29) is 0 Å². The van der Waals surface area contributed by atoms with Crippen LogP contribution in [0.15, 0.2) is 328 Å². The van der Waals surface area contributed by atoms with Gasteiger partial charge in [-0.1, -0.05) is 212 Å². The summed E-state index contributed by atoms with van der Waals surface area (Å²) in [5, 5.41) is 35.2. The van der Waals surface area contributed by atoms with Crippen molar-refractivity contribution in [2.45, 2.75) is 0 Å². The predicted molar refractivity (Wildman–Crippen MR) is 397 cm³/mol. The van der Waals surface area contributed by atoms with E-state index in [1.54, 1.807) is 0 Å². The van der Waals surface area contributed by atoms with Crippen LogP contribution in [-0.4, -0.2) is 24.1 Å². The van der Waals surface area contributed by atoms with Gasteiger partial charge in [0.1, 0.15) is 0 Å². The molecule has 0 amide bonds. The molecule has 17 aromatic rings. The minimum atomic E-state index is 0.404. The molecule has 0 atom stereocenters. The van der Waals surface area contributed by atoms with E-state index in [0.717, 1.165) is 133 Å². The van der Waals surface area contributed by atoms with Crippen molar-refractivity contribution in [3.05, 3.63) is 344 Å². The molecule has 0 spiro atoms. The molecular weight excluding hydrogens is 1190 g/mol. The van der Waals surface area contributed by atoms with Gasteiger partial charge in [-0.3, -0.25) is 0 Å². The van der Waals surface area contributed by atoms with Gasteiger partial charge in [0.05, 0.1) is 57.0 Å². The number of nitrogens with zero attached hydrogens (tertiary/aromatic N) is 8. The summed E-state index contributed by atoms with van der Waals surface area (Å²) in [5.41, 5.74) is 23.6. The van der Waals surface area contributed by atoms with Gasteiger partial charge in [0.25, 0.3) is 0 Å². The first kappa shape index (κ1) is 58.0. The molecule has 0 bridgehead atoms. The molecule has 98 heavy (non-hydrogen) atoms. The molecule has 0 unspecified atom stereocenters. The number of aromatic nitrogens is 5. The van der Waals surface area contributed by atoms with E-state index in [0.29, 0.717) is 50.9 Å². The van der Waals surface area contributed by atoms with Crippen molar-refractivity contribution in [1.82, 2.24) is 24.1 Å². The Bertz CT molecular complexity index is 5590. The summed E-state index contributed by atoms with van der Waals surface area (Å²) in [6.07, 6.45) is 0. The topological polar surface area (TPSA) is 120 Å². The quantitative estimate of drug-likeness (QED) is 0.120. The number of benzene rings is 14. The standard InChI is InChI=1S/C90H54N8/c91-55-58-29-33-64(34-30-58)71-45-73(49-75(47-71)97-84-41-37-66(60-17-5-1-6-18-60)51-80(84)81-52-67(38-42-85(81)97)61-19-7-2-8-20-61)88-94-89(96-90(95-88)79-28-16-15-27-78(79)77-26-14-13-25-70(77)57-93)74-46-72(65-35-31-59(56-92)32-36-65)48-76(50-74)98-86-43-39-68(62-21-9-3-10-22-62)53-82(86)83-54-69(40-44-87(83)98)63-23-11-4-12-24-63/h1-54H. The Kier molecular flexibility index (Phi) is 14.5. The molecule has 0 aliphatic heterocycles. The molecule has 0 saturated carbocycles. The fourth-order valence-corrected chi connectivity index (χ4v) is 13.9. The van der Waals surface area contributed by atoms with Crippen molar-refractivity contribution >= 4 is 43.6 Å². The summed E-state index contributed by atoms with van der Waals surface area (Å²) < 4.78 is 4.68. The highest BCUT2D eigenvalue weighted by atomic mass is 15.0. The Hall–Kier alpha value is -13.8. The second-order valence-electron chi connectivity index (χ2n) is 24.5. The van der Waals surface area contributed by atoms with Crippen LogP contribution in [0.2, 0.25) is 0 Å². The van der Waals surface area contributed by atoms with E-state index >= 15 is 0 Å². The van der Waals surface area contributed by atoms with Crippen LogP contribution in [0.1, 0.15) is 16.7 Å². The third-order valence-corrected chi connectivity index (χ3v) is 18.7. The SMILES string of the molecule is N#Cc1ccc(-c2cc(-c3nc(-c4cc(-c5ccc(C#N)cc5)cc(-n5c6ccc(-c7ccccc7)cc6c6cc(-c7ccccc7)ccc65)c4)nc(-c4ccccc4-c4ccccc4C#N)n3)cc(-n3c4ccc(-c5ccccc5)cc4c4cc(-c5ccccc5)ccc43)c2)cc1. The second-order valence-corrected chi connectivity index (χ2v) is 24.5. The Labute approximate surface area is 566 Å². The van der Waals surface area contributed by atoms with Crippen LogP contribution in [-0.2, 0) is 0 Å². The molecule has 8 nitrogen and oxygen atoms in total. The fraction of sp³-hybridized carbons (Fsp3) is 0. The molecular formula is C90H54N8. The molecule has 454 valence electrons. The van der Waals surface area contributed by atoms with E-state index in [1.165, 1.54) is 0 Å². The summed E-state index contributed by atoms with van der Waals surface area (Å²) in [7, 11) is 0. The zero-order valence-corrected chi connectivity index (χ0v) is 52.8. The van der Waals surface area contributed by atoms with Gasteiger partial charge in [-0.2, -0.15) is 15.8 Å². The average Bonchev–Trinajstić information content (AvgIpc) is 1.50. The summed E-state index contributed by atoms with van der Waals surface area (Å²) in [6.45, 7) is 0. The fourth-order valence-electron chi connectivity index (χ4n) is 13.9. The number of fused-ring (bicyclic) bond motifs is 6. The van der Waals surface area contributed by atoms with Crippen LogP contribution >= 0.6 is 0 Å². The van der Waals surface area contributed by atoms with Gasteiger partial charge in [0, 0.05) is 55.2 Å². The molecule has 3 heterocycles. The second kappa shape index (κ2) is 24.6. The van der Waals surface area contributed by atoms with E-state index in [9.17, 15) is 15.8 Å². The maximum atomic E-state index is 10.6. The van der Waals surface area contributed by atoms with E-state index < -0.39 is 0 Å². The first-order chi connectivity index (χ1) is 48.4. The minimum absolute atomic E-state index is 0.404. The molecule has 17 rings (SSSR count). The zero-order valence-electron chi connectivity index (χ0n) is 52.8. The third-order valence-electron chi connectivity index (χ3n) is 18.7. The van der Waals surface area contributed by atoms with Crippen molar-refractivity contribution in [2.24, 2.45) is 0 Å². The molecule has 0 radical (unpaired) electrons.